The Bertz CT molecular complexity index is 1770. The summed E-state index contributed by atoms with van der Waals surface area (Å²) < 4.78 is 42.1. The molecule has 1 aliphatic rings. The number of carbonyl (C=O) groups is 2. The molecule has 3 N–H and O–H groups in total. The lowest BCUT2D eigenvalue weighted by Gasteiger charge is -2.32. The van der Waals surface area contributed by atoms with Crippen molar-refractivity contribution in [3.05, 3.63) is 63.5 Å². The molecule has 4 heterocycles. The van der Waals surface area contributed by atoms with Crippen LogP contribution in [0.3, 0.4) is 0 Å². The van der Waals surface area contributed by atoms with E-state index in [9.17, 15) is 32.7 Å². The Balaban J connectivity index is 1.63. The molecule has 14 heteroatoms. The summed E-state index contributed by atoms with van der Waals surface area (Å²) in [7, 11) is 0. The van der Waals surface area contributed by atoms with Crippen LogP contribution in [-0.4, -0.2) is 62.7 Å². The molecular weight excluding hydrogens is 597 g/mol. The number of benzene rings is 1. The average molecular weight is 629 g/mol. The molecule has 5 rings (SSSR count). The fourth-order valence-corrected chi connectivity index (χ4v) is 6.37. The number of alkyl halides is 3. The number of aromatic nitrogens is 3. The molecule has 1 saturated heterocycles. The zero-order chi connectivity index (χ0) is 31.6. The minimum absolute atomic E-state index is 0.0308. The van der Waals surface area contributed by atoms with Gasteiger partial charge in [-0.05, 0) is 62.5 Å². The number of carbonyl (C=O) groups excluding carboxylic acids is 1. The maximum absolute atomic E-state index is 13.4. The van der Waals surface area contributed by atoms with E-state index in [0.29, 0.717) is 29.7 Å². The molecule has 44 heavy (non-hydrogen) atoms. The molecule has 0 saturated carbocycles. The lowest BCUT2D eigenvalue weighted by molar-refractivity contribution is -0.140. The minimum atomic E-state index is -4.65. The molecule has 0 bridgehead atoms. The molecule has 1 aliphatic heterocycles. The van der Waals surface area contributed by atoms with Crippen molar-refractivity contribution in [1.82, 2.24) is 24.8 Å². The van der Waals surface area contributed by atoms with Crippen LogP contribution < -0.4 is 16.1 Å². The number of likely N-dealkylation sites (tertiary alicyclic amines) is 1. The highest BCUT2D eigenvalue weighted by Crippen LogP contribution is 2.39. The van der Waals surface area contributed by atoms with Crippen LogP contribution in [0.4, 0.5) is 23.8 Å². The normalized spacial score (nSPS) is 15.8. The van der Waals surface area contributed by atoms with E-state index in [4.69, 9.17) is 0 Å². The molecule has 1 aromatic carbocycles. The van der Waals surface area contributed by atoms with Crippen LogP contribution in [0, 0.1) is 5.92 Å². The van der Waals surface area contributed by atoms with E-state index in [1.54, 1.807) is 19.1 Å². The van der Waals surface area contributed by atoms with Gasteiger partial charge in [-0.15, -0.1) is 11.3 Å². The number of amides is 2. The summed E-state index contributed by atoms with van der Waals surface area (Å²) in [4.78, 5) is 48.0. The zero-order valence-electron chi connectivity index (χ0n) is 24.1. The van der Waals surface area contributed by atoms with Crippen molar-refractivity contribution in [3.8, 4) is 21.7 Å². The number of thiazole rings is 1. The second-order valence-electron chi connectivity index (χ2n) is 10.6. The van der Waals surface area contributed by atoms with Gasteiger partial charge in [0.1, 0.15) is 16.4 Å². The Morgan fingerprint density at radius 2 is 1.98 bits per heavy atom. The number of hydrogen-bond acceptors (Lipinski definition) is 7. The summed E-state index contributed by atoms with van der Waals surface area (Å²) in [5.41, 5.74) is -0.508. The molecule has 10 nitrogen and oxygen atoms in total. The highest BCUT2D eigenvalue weighted by molar-refractivity contribution is 7.13. The quantitative estimate of drug-likeness (QED) is 0.226. The second kappa shape index (κ2) is 12.7. The van der Waals surface area contributed by atoms with Crippen LogP contribution in [0.2, 0.25) is 0 Å². The van der Waals surface area contributed by atoms with Gasteiger partial charge in [-0.3, -0.25) is 10.1 Å². The number of piperidine rings is 1. The van der Waals surface area contributed by atoms with Gasteiger partial charge in [0.15, 0.2) is 5.69 Å². The van der Waals surface area contributed by atoms with Crippen LogP contribution in [0.1, 0.15) is 42.7 Å². The Morgan fingerprint density at radius 1 is 1.18 bits per heavy atom. The number of rotatable bonds is 8. The lowest BCUT2D eigenvalue weighted by Crippen LogP contribution is -2.37. The van der Waals surface area contributed by atoms with Crippen LogP contribution in [0.5, 0.6) is 0 Å². The predicted molar refractivity (Wildman–Crippen MR) is 162 cm³/mol. The fraction of sp³-hybridized carbons (Fsp3) is 0.367. The first-order valence-corrected chi connectivity index (χ1v) is 15.1. The Morgan fingerprint density at radius 3 is 2.66 bits per heavy atom. The van der Waals surface area contributed by atoms with Gasteiger partial charge in [0.2, 0.25) is 5.43 Å². The predicted octanol–water partition coefficient (Wildman–Crippen LogP) is 5.78. The van der Waals surface area contributed by atoms with Crippen LogP contribution >= 0.6 is 11.3 Å². The van der Waals surface area contributed by atoms with Gasteiger partial charge < -0.3 is 19.9 Å². The third-order valence-corrected chi connectivity index (χ3v) is 8.51. The molecule has 0 radical (unpaired) electrons. The maximum atomic E-state index is 13.4. The van der Waals surface area contributed by atoms with Crippen molar-refractivity contribution in [2.45, 2.75) is 39.4 Å². The smallest absolute Gasteiger partial charge is 0.434 e. The van der Waals surface area contributed by atoms with Crippen molar-refractivity contribution < 1.29 is 27.9 Å². The van der Waals surface area contributed by atoms with Crippen molar-refractivity contribution in [3.63, 3.8) is 0 Å². The van der Waals surface area contributed by atoms with E-state index >= 15 is 0 Å². The standard InChI is InChI=1S/C30H31F3N6O4S/c1-3-34-29(43)37-25-11-19(27-36-24(16-44-27)30(31,32)33)21(12-35-25)18-7-8-23-20(10-18)26(40)22(28(41)42)15-39(23)14-17-6-5-9-38(4-2)13-17/h7-8,10-12,15-17H,3-6,9,13-14H2,1-2H3,(H,41,42)(H2,34,35,37,43). The molecule has 0 aliphatic carbocycles. The van der Waals surface area contributed by atoms with Crippen LogP contribution in [-0.2, 0) is 12.7 Å². The first-order chi connectivity index (χ1) is 21.0. The summed E-state index contributed by atoms with van der Waals surface area (Å²) in [5, 5.41) is 16.1. The number of aromatic carboxylic acids is 1. The van der Waals surface area contributed by atoms with Crippen LogP contribution in [0.15, 0.2) is 46.8 Å². The van der Waals surface area contributed by atoms with Crippen molar-refractivity contribution >= 4 is 40.1 Å². The molecule has 1 unspecified atom stereocenters. The Kier molecular flexibility index (Phi) is 9.02. The maximum Gasteiger partial charge on any atom is 0.434 e. The van der Waals surface area contributed by atoms with E-state index in [-0.39, 0.29) is 33.3 Å². The molecule has 232 valence electrons. The van der Waals surface area contributed by atoms with Crippen molar-refractivity contribution in [2.24, 2.45) is 5.92 Å². The largest absolute Gasteiger partial charge is 0.477 e. The van der Waals surface area contributed by atoms with E-state index in [1.165, 1.54) is 24.5 Å². The third-order valence-electron chi connectivity index (χ3n) is 7.63. The Hall–Kier alpha value is -4.30. The molecular formula is C30H31F3N6O4S. The van der Waals surface area contributed by atoms with Gasteiger partial charge in [0.05, 0.1) is 5.52 Å². The topological polar surface area (TPSA) is 129 Å². The monoisotopic (exact) mass is 628 g/mol. The van der Waals surface area contributed by atoms with E-state index in [2.05, 4.69) is 32.4 Å². The number of carboxylic acids is 1. The number of anilines is 1. The number of hydrogen-bond donors (Lipinski definition) is 3. The highest BCUT2D eigenvalue weighted by Gasteiger charge is 2.34. The summed E-state index contributed by atoms with van der Waals surface area (Å²) in [6.07, 6.45) is 0.121. The van der Waals surface area contributed by atoms with Gasteiger partial charge in [-0.25, -0.2) is 19.6 Å². The Labute approximate surface area is 254 Å². The van der Waals surface area contributed by atoms with Crippen molar-refractivity contribution in [2.75, 3.05) is 31.5 Å². The second-order valence-corrected chi connectivity index (χ2v) is 11.5. The van der Waals surface area contributed by atoms with E-state index in [1.807, 2.05) is 4.57 Å². The van der Waals surface area contributed by atoms with E-state index in [0.717, 1.165) is 49.2 Å². The molecule has 0 spiro atoms. The number of nitrogens with zero attached hydrogens (tertiary/aromatic N) is 4. The number of fused-ring (bicyclic) bond motifs is 1. The summed E-state index contributed by atoms with van der Waals surface area (Å²) in [6, 6.07) is 5.85. The third kappa shape index (κ3) is 6.60. The van der Waals surface area contributed by atoms with Crippen LogP contribution in [0.25, 0.3) is 32.6 Å². The van der Waals surface area contributed by atoms with E-state index < -0.39 is 29.3 Å². The number of halogens is 3. The van der Waals surface area contributed by atoms with Gasteiger partial charge in [-0.2, -0.15) is 13.2 Å². The number of carboxylic acid groups (broad SMARTS) is 1. The van der Waals surface area contributed by atoms with Gasteiger partial charge >= 0.3 is 18.2 Å². The average Bonchev–Trinajstić information content (AvgIpc) is 3.50. The highest BCUT2D eigenvalue weighted by atomic mass is 32.1. The first kappa shape index (κ1) is 31.1. The number of pyridine rings is 2. The summed E-state index contributed by atoms with van der Waals surface area (Å²) in [5.74, 6) is -0.993. The van der Waals surface area contributed by atoms with Crippen molar-refractivity contribution in [1.29, 1.82) is 0 Å². The minimum Gasteiger partial charge on any atom is -0.477 e. The number of urea groups is 1. The summed E-state index contributed by atoms with van der Waals surface area (Å²) in [6.45, 7) is 7.50. The lowest BCUT2D eigenvalue weighted by atomic mass is 9.96. The molecule has 3 aromatic heterocycles. The first-order valence-electron chi connectivity index (χ1n) is 14.2. The number of nitrogens with one attached hydrogen (secondary N) is 2. The fourth-order valence-electron chi connectivity index (χ4n) is 5.51. The molecule has 4 aromatic rings. The van der Waals surface area contributed by atoms with Gasteiger partial charge in [0.25, 0.3) is 0 Å². The van der Waals surface area contributed by atoms with Gasteiger partial charge in [0, 0.05) is 53.9 Å². The SMILES string of the molecule is CCNC(=O)Nc1cc(-c2nc(C(F)(F)F)cs2)c(-c2ccc3c(c2)c(=O)c(C(=O)O)cn3CC2CCCN(CC)C2)cn1. The zero-order valence-corrected chi connectivity index (χ0v) is 24.9. The van der Waals surface area contributed by atoms with Gasteiger partial charge in [-0.1, -0.05) is 13.0 Å². The molecule has 1 atom stereocenters. The molecule has 2 amide bonds. The summed E-state index contributed by atoms with van der Waals surface area (Å²) >= 11 is 0.778. The molecule has 1 fully saturated rings.